The minimum atomic E-state index is -0.508. The number of amides is 1. The van der Waals surface area contributed by atoms with Gasteiger partial charge in [0.25, 0.3) is 5.70 Å². The van der Waals surface area contributed by atoms with Crippen molar-refractivity contribution in [2.24, 2.45) is 0 Å². The Labute approximate surface area is 111 Å². The molecule has 0 aromatic carbocycles. The van der Waals surface area contributed by atoms with Crippen LogP contribution < -0.4 is 5.32 Å². The summed E-state index contributed by atoms with van der Waals surface area (Å²) in [7, 11) is 0. The summed E-state index contributed by atoms with van der Waals surface area (Å²) in [5.41, 5.74) is 0.277. The van der Waals surface area contributed by atoms with Crippen molar-refractivity contribution in [2.45, 2.75) is 26.2 Å². The quantitative estimate of drug-likeness (QED) is 0.243. The Hall–Kier alpha value is -1.62. The van der Waals surface area contributed by atoms with Crippen molar-refractivity contribution in [3.8, 4) is 0 Å². The van der Waals surface area contributed by atoms with Gasteiger partial charge in [0.1, 0.15) is 0 Å². The maximum absolute atomic E-state index is 11.4. The molecule has 0 aromatic heterocycles. The first-order valence-corrected chi connectivity index (χ1v) is 6.08. The number of alkyl halides is 1. The summed E-state index contributed by atoms with van der Waals surface area (Å²) in [5.74, 6) is 0.361. The van der Waals surface area contributed by atoms with Crippen LogP contribution in [0.1, 0.15) is 26.2 Å². The molecule has 1 amide bonds. The Bertz CT molecular complexity index is 376. The lowest BCUT2D eigenvalue weighted by molar-refractivity contribution is -0.419. The summed E-state index contributed by atoms with van der Waals surface area (Å²) in [6.07, 6.45) is 5.92. The van der Waals surface area contributed by atoms with Crippen LogP contribution in [-0.2, 0) is 4.79 Å². The normalized spacial score (nSPS) is 11.6. The molecule has 0 bridgehead atoms. The minimum absolute atomic E-state index is 0.0486. The lowest BCUT2D eigenvalue weighted by Gasteiger charge is -2.03. The van der Waals surface area contributed by atoms with E-state index in [0.717, 1.165) is 6.42 Å². The predicted molar refractivity (Wildman–Crippen MR) is 71.7 cm³/mol. The molecule has 100 valence electrons. The van der Waals surface area contributed by atoms with E-state index in [2.05, 4.69) is 11.9 Å². The molecule has 1 N–H and O–H groups in total. The topological polar surface area (TPSA) is 72.2 Å². The third-order valence-corrected chi connectivity index (χ3v) is 2.32. The molecule has 0 saturated heterocycles. The number of rotatable bonds is 8. The Balaban J connectivity index is 4.14. The predicted octanol–water partition coefficient (Wildman–Crippen LogP) is 2.76. The van der Waals surface area contributed by atoms with Crippen LogP contribution in [0.2, 0.25) is 0 Å². The number of nitrogens with one attached hydrogen (secondary N) is 1. The van der Waals surface area contributed by atoms with Crippen molar-refractivity contribution < 1.29 is 9.72 Å². The molecule has 0 radical (unpaired) electrons. The van der Waals surface area contributed by atoms with Crippen LogP contribution in [0, 0.1) is 10.1 Å². The molecule has 0 fully saturated rings. The highest BCUT2D eigenvalue weighted by Crippen LogP contribution is 2.01. The highest BCUT2D eigenvalue weighted by Gasteiger charge is 2.04. The van der Waals surface area contributed by atoms with Crippen LogP contribution in [0.3, 0.4) is 0 Å². The third kappa shape index (κ3) is 7.62. The summed E-state index contributed by atoms with van der Waals surface area (Å²) >= 11 is 5.49. The molecule has 0 saturated carbocycles. The van der Waals surface area contributed by atoms with Crippen LogP contribution in [0.4, 0.5) is 0 Å². The summed E-state index contributed by atoms with van der Waals surface area (Å²) in [6, 6.07) is 0. The standard InChI is InChI=1S/C12H17ClN2O3/c1-3-11(15(17)18)8-7-10(2)14-12(16)6-4-5-9-13/h3,7-8H,2,4-6,9H2,1H3,(H,14,16). The first kappa shape index (κ1) is 16.4. The van der Waals surface area contributed by atoms with E-state index in [4.69, 9.17) is 11.6 Å². The van der Waals surface area contributed by atoms with Gasteiger partial charge in [0.05, 0.1) is 4.92 Å². The summed E-state index contributed by atoms with van der Waals surface area (Å²) in [5, 5.41) is 13.0. The number of carbonyl (C=O) groups excluding carboxylic acids is 1. The maximum Gasteiger partial charge on any atom is 0.265 e. The molecule has 0 heterocycles. The van der Waals surface area contributed by atoms with Gasteiger partial charge in [-0.1, -0.05) is 6.58 Å². The van der Waals surface area contributed by atoms with Crippen LogP contribution in [0.15, 0.2) is 36.2 Å². The average Bonchev–Trinajstić information content (AvgIpc) is 2.29. The SMILES string of the molecule is C=C(C=CC(=CC)[N+](=O)[O-])NC(=O)CCCCCl. The molecule has 0 aromatic rings. The van der Waals surface area contributed by atoms with E-state index in [-0.39, 0.29) is 11.6 Å². The van der Waals surface area contributed by atoms with Crippen molar-refractivity contribution >= 4 is 17.5 Å². The number of allylic oxidation sites excluding steroid dienone is 3. The fraction of sp³-hybridized carbons (Fsp3) is 0.417. The number of unbranched alkanes of at least 4 members (excludes halogenated alkanes) is 1. The largest absolute Gasteiger partial charge is 0.327 e. The van der Waals surface area contributed by atoms with Gasteiger partial charge in [-0.2, -0.15) is 0 Å². The zero-order valence-corrected chi connectivity index (χ0v) is 11.1. The van der Waals surface area contributed by atoms with Crippen molar-refractivity contribution in [1.82, 2.24) is 5.32 Å². The van der Waals surface area contributed by atoms with Crippen LogP contribution in [0.5, 0.6) is 0 Å². The van der Waals surface area contributed by atoms with Crippen LogP contribution in [-0.4, -0.2) is 16.7 Å². The number of hydrogen-bond acceptors (Lipinski definition) is 3. The summed E-state index contributed by atoms with van der Waals surface area (Å²) in [4.78, 5) is 21.4. The number of halogens is 1. The molecule has 5 nitrogen and oxygen atoms in total. The van der Waals surface area contributed by atoms with Crippen molar-refractivity contribution in [3.05, 3.63) is 46.3 Å². The van der Waals surface area contributed by atoms with E-state index < -0.39 is 4.92 Å². The van der Waals surface area contributed by atoms with Gasteiger partial charge in [0.2, 0.25) is 5.91 Å². The fourth-order valence-electron chi connectivity index (χ4n) is 1.11. The third-order valence-electron chi connectivity index (χ3n) is 2.05. The Morgan fingerprint density at radius 1 is 1.44 bits per heavy atom. The Kier molecular flexibility index (Phi) is 8.57. The molecular formula is C12H17ClN2O3. The van der Waals surface area contributed by atoms with E-state index in [1.54, 1.807) is 6.92 Å². The molecule has 0 aliphatic carbocycles. The number of carbonyl (C=O) groups is 1. The molecule has 18 heavy (non-hydrogen) atoms. The fourth-order valence-corrected chi connectivity index (χ4v) is 1.30. The van der Waals surface area contributed by atoms with Gasteiger partial charge in [-0.15, -0.1) is 11.6 Å². The van der Waals surface area contributed by atoms with E-state index in [1.165, 1.54) is 18.2 Å². The molecular weight excluding hydrogens is 256 g/mol. The first-order chi connectivity index (χ1) is 8.51. The first-order valence-electron chi connectivity index (χ1n) is 5.54. The molecule has 0 aliphatic rings. The second kappa shape index (κ2) is 9.41. The van der Waals surface area contributed by atoms with Gasteiger partial charge in [-0.3, -0.25) is 14.9 Å². The number of hydrogen-bond donors (Lipinski definition) is 1. The van der Waals surface area contributed by atoms with Gasteiger partial charge in [0.15, 0.2) is 0 Å². The van der Waals surface area contributed by atoms with Gasteiger partial charge in [-0.05, 0) is 31.9 Å². The molecule has 0 unspecified atom stereocenters. The summed E-state index contributed by atoms with van der Waals surface area (Å²) in [6.45, 7) is 5.16. The van der Waals surface area contributed by atoms with E-state index >= 15 is 0 Å². The average molecular weight is 273 g/mol. The van der Waals surface area contributed by atoms with E-state index in [0.29, 0.717) is 24.4 Å². The zero-order chi connectivity index (χ0) is 14.0. The van der Waals surface area contributed by atoms with E-state index in [9.17, 15) is 14.9 Å². The monoisotopic (exact) mass is 272 g/mol. The Morgan fingerprint density at radius 3 is 2.61 bits per heavy atom. The van der Waals surface area contributed by atoms with Crippen molar-refractivity contribution in [3.63, 3.8) is 0 Å². The van der Waals surface area contributed by atoms with Crippen LogP contribution >= 0.6 is 11.6 Å². The van der Waals surface area contributed by atoms with E-state index in [1.807, 2.05) is 0 Å². The lowest BCUT2D eigenvalue weighted by atomic mass is 10.2. The highest BCUT2D eigenvalue weighted by atomic mass is 35.5. The number of nitrogens with zero attached hydrogens (tertiary/aromatic N) is 1. The van der Waals surface area contributed by atoms with Crippen LogP contribution in [0.25, 0.3) is 0 Å². The lowest BCUT2D eigenvalue weighted by Crippen LogP contribution is -2.20. The van der Waals surface area contributed by atoms with Gasteiger partial charge in [0, 0.05) is 24.1 Å². The maximum atomic E-state index is 11.4. The van der Waals surface area contributed by atoms with Crippen molar-refractivity contribution in [2.75, 3.05) is 5.88 Å². The smallest absolute Gasteiger partial charge is 0.265 e. The highest BCUT2D eigenvalue weighted by molar-refractivity contribution is 6.17. The molecule has 6 heteroatoms. The Morgan fingerprint density at radius 2 is 2.11 bits per heavy atom. The van der Waals surface area contributed by atoms with Crippen molar-refractivity contribution in [1.29, 1.82) is 0 Å². The second-order valence-corrected chi connectivity index (χ2v) is 3.90. The number of nitro groups is 1. The molecule has 0 atom stereocenters. The molecule has 0 rings (SSSR count). The van der Waals surface area contributed by atoms with Gasteiger partial charge in [-0.25, -0.2) is 0 Å². The van der Waals surface area contributed by atoms with Gasteiger partial charge >= 0.3 is 0 Å². The summed E-state index contributed by atoms with van der Waals surface area (Å²) < 4.78 is 0. The minimum Gasteiger partial charge on any atom is -0.327 e. The molecule has 0 spiro atoms. The second-order valence-electron chi connectivity index (χ2n) is 3.52. The van der Waals surface area contributed by atoms with Gasteiger partial charge < -0.3 is 5.32 Å². The zero-order valence-electron chi connectivity index (χ0n) is 10.3. The molecule has 0 aliphatic heterocycles.